The Bertz CT molecular complexity index is 480. The molecule has 0 unspecified atom stereocenters. The summed E-state index contributed by atoms with van der Waals surface area (Å²) in [6, 6.07) is 9.10. The Labute approximate surface area is 168 Å². The molecule has 0 saturated carbocycles. The van der Waals surface area contributed by atoms with E-state index in [1.807, 2.05) is 0 Å². The third-order valence-electron chi connectivity index (χ3n) is 4.80. The Balaban J connectivity index is 3.46. The molecule has 1 radical (unpaired) electrons. The van der Waals surface area contributed by atoms with E-state index in [2.05, 4.69) is 77.9 Å². The van der Waals surface area contributed by atoms with Gasteiger partial charge in [0.2, 0.25) is 0 Å². The maximum absolute atomic E-state index is 6.42. The number of halogens is 2. The fourth-order valence-corrected chi connectivity index (χ4v) is 17.4. The quantitative estimate of drug-likeness (QED) is 0.371. The predicted molar refractivity (Wildman–Crippen MR) is 98.0 cm³/mol. The van der Waals surface area contributed by atoms with Crippen LogP contribution in [0.4, 0.5) is 5.69 Å². The standard InChI is InChI=1S/C16H26Cl2NP.Ra/c1-15(2,3)20(16(4,5)14(17)18)13-10-8-12(9-11-13)19(6)7;/h8-11,14H,1-7H3;/q;-1/p+1. The van der Waals surface area contributed by atoms with Gasteiger partial charge in [-0.2, -0.15) is 0 Å². The molecule has 0 aliphatic heterocycles. The van der Waals surface area contributed by atoms with E-state index >= 15 is 0 Å². The van der Waals surface area contributed by atoms with Crippen LogP contribution in [-0.4, -0.2) is 29.2 Å². The van der Waals surface area contributed by atoms with E-state index in [0.29, 0.717) is 42.0 Å². The summed E-state index contributed by atoms with van der Waals surface area (Å²) in [6.45, 7) is 11.6. The minimum absolute atomic E-state index is 0.0241. The van der Waals surface area contributed by atoms with Crippen LogP contribution >= 0.6 is 24.6 Å². The molecule has 0 atom stereocenters. The van der Waals surface area contributed by atoms with Crippen molar-refractivity contribution in [1.29, 1.82) is 0 Å². The molecule has 117 valence electrons. The molecule has 0 fully saturated rings. The van der Waals surface area contributed by atoms with Crippen molar-refractivity contribution in [3.8, 4) is 0 Å². The van der Waals surface area contributed by atoms with Gasteiger partial charge in [0.15, 0.2) is 0 Å². The van der Waals surface area contributed by atoms with Crippen molar-refractivity contribution in [3.63, 3.8) is 0 Å². The summed E-state index contributed by atoms with van der Waals surface area (Å²) >= 11 is 13.3. The van der Waals surface area contributed by atoms with Gasteiger partial charge in [-0.3, -0.25) is 0 Å². The zero-order valence-electron chi connectivity index (χ0n) is 14.3. The topological polar surface area (TPSA) is 3.24 Å². The molecule has 0 N–H and O–H groups in total. The van der Waals surface area contributed by atoms with E-state index < -0.39 is 1.45 Å². The summed E-state index contributed by atoms with van der Waals surface area (Å²) in [4.78, 5) is 1.82. The van der Waals surface area contributed by atoms with Gasteiger partial charge in [0.1, 0.15) is 0 Å². The van der Waals surface area contributed by atoms with Gasteiger partial charge in [-0.05, 0) is 0 Å². The Morgan fingerprint density at radius 1 is 1.00 bits per heavy atom. The number of alkyl halides is 2. The summed E-state index contributed by atoms with van der Waals surface area (Å²) in [7, 11) is 4.15. The van der Waals surface area contributed by atoms with Crippen LogP contribution in [0.5, 0.6) is 0 Å². The molecular weight excluding hydrogens is 534 g/mol. The van der Waals surface area contributed by atoms with Crippen molar-refractivity contribution >= 4 is 35.6 Å². The summed E-state index contributed by atoms with van der Waals surface area (Å²) in [6.07, 6.45) is 0. The van der Waals surface area contributed by atoms with Gasteiger partial charge in [0.25, 0.3) is 0 Å². The Morgan fingerprint density at radius 3 is 1.71 bits per heavy atom. The van der Waals surface area contributed by atoms with Crippen LogP contribution in [-0.2, 0) is 0 Å². The molecule has 21 heavy (non-hydrogen) atoms. The first-order chi connectivity index (χ1) is 9.35. The van der Waals surface area contributed by atoms with E-state index in [9.17, 15) is 0 Å². The van der Waals surface area contributed by atoms with E-state index in [1.54, 1.807) is 0 Å². The van der Waals surface area contributed by atoms with Gasteiger partial charge in [-0.15, -0.1) is 0 Å². The van der Waals surface area contributed by atoms with E-state index in [0.717, 1.165) is 0 Å². The number of hydrogen-bond acceptors (Lipinski definition) is 1. The molecule has 0 amide bonds. The van der Waals surface area contributed by atoms with Gasteiger partial charge < -0.3 is 0 Å². The van der Waals surface area contributed by atoms with Crippen LogP contribution in [0.15, 0.2) is 24.3 Å². The van der Waals surface area contributed by atoms with Crippen molar-refractivity contribution in [1.82, 2.24) is 0 Å². The zero-order valence-corrected chi connectivity index (χ0v) is 22.6. The SMILES string of the molecule is CN(C)c1ccc([PH]([Ra])(C(C)(C)C)C(C)(C)C(Cl)Cl)cc1. The molecule has 0 saturated heterocycles. The first-order valence-electron chi connectivity index (χ1n) is 7.27. The number of hydrogen-bond donors (Lipinski definition) is 0. The third-order valence-corrected chi connectivity index (χ3v) is 42.0. The van der Waals surface area contributed by atoms with Crippen LogP contribution in [0.25, 0.3) is 0 Å². The third kappa shape index (κ3) is 3.95. The summed E-state index contributed by atoms with van der Waals surface area (Å²) < 4.78 is -1.75. The van der Waals surface area contributed by atoms with E-state index in [4.69, 9.17) is 23.2 Å². The van der Waals surface area contributed by atoms with Crippen molar-refractivity contribution in [3.05, 3.63) is 24.3 Å². The van der Waals surface area contributed by atoms with Gasteiger partial charge in [0, 0.05) is 0 Å². The molecule has 1 rings (SSSR count). The Kier molecular flexibility index (Phi) is 7.01. The molecule has 0 aromatic heterocycles. The van der Waals surface area contributed by atoms with Crippen LogP contribution in [0.3, 0.4) is 0 Å². The average Bonchev–Trinajstić information content (AvgIpc) is 2.36. The maximum atomic E-state index is 6.42. The number of benzene rings is 1. The molecule has 0 heterocycles. The van der Waals surface area contributed by atoms with Crippen molar-refractivity contribution in [2.45, 2.75) is 49.8 Å². The fraction of sp³-hybridized carbons (Fsp3) is 0.625. The molecule has 5 heteroatoms. The molecular formula is C16H27Cl2NPRa. The predicted octanol–water partition coefficient (Wildman–Crippen LogP) is 4.97. The van der Waals surface area contributed by atoms with Crippen molar-refractivity contribution in [2.24, 2.45) is 0 Å². The fourth-order valence-electron chi connectivity index (χ4n) is 3.00. The molecule has 0 spiro atoms. The van der Waals surface area contributed by atoms with Crippen LogP contribution in [0.2, 0.25) is 0 Å². The number of rotatable bonds is 4. The van der Waals surface area contributed by atoms with Crippen molar-refractivity contribution < 1.29 is 42.0 Å². The second-order valence-electron chi connectivity index (χ2n) is 7.62. The average molecular weight is 561 g/mol. The van der Waals surface area contributed by atoms with Gasteiger partial charge in [-0.25, -0.2) is 0 Å². The molecule has 0 aliphatic carbocycles. The second kappa shape index (κ2) is 7.17. The molecule has 0 aliphatic rings. The van der Waals surface area contributed by atoms with Crippen LogP contribution in [0, 0.1) is 42.0 Å². The number of anilines is 1. The number of nitrogens with zero attached hydrogens (tertiary/aromatic N) is 1. The monoisotopic (exact) mass is 560 g/mol. The summed E-state index contributed by atoms with van der Waals surface area (Å²) in [5, 5.41) is 1.74. The van der Waals surface area contributed by atoms with Gasteiger partial charge in [0.05, 0.1) is 0 Å². The second-order valence-corrected chi connectivity index (χ2v) is 27.0. The van der Waals surface area contributed by atoms with Gasteiger partial charge >= 0.3 is 171 Å². The first-order valence-corrected chi connectivity index (χ1v) is 19.1. The van der Waals surface area contributed by atoms with E-state index in [-0.39, 0.29) is 15.1 Å². The summed E-state index contributed by atoms with van der Waals surface area (Å²) in [5.41, 5.74) is 1.24. The molecule has 0 bridgehead atoms. The van der Waals surface area contributed by atoms with Crippen LogP contribution in [0.1, 0.15) is 34.6 Å². The van der Waals surface area contributed by atoms with Gasteiger partial charge in [-0.1, -0.05) is 0 Å². The molecule has 1 aromatic carbocycles. The molecule has 1 nitrogen and oxygen atoms in total. The first kappa shape index (κ1) is 20.5. The minimum atomic E-state index is -1.75. The van der Waals surface area contributed by atoms with E-state index in [1.165, 1.54) is 11.0 Å². The van der Waals surface area contributed by atoms with Crippen molar-refractivity contribution in [2.75, 3.05) is 19.0 Å². The zero-order chi connectivity index (χ0) is 16.6. The Morgan fingerprint density at radius 2 is 1.43 bits per heavy atom. The normalized spacial score (nSPS) is 14.3. The summed E-state index contributed by atoms with van der Waals surface area (Å²) in [5.74, 6) is 0. The Hall–Kier alpha value is 1.50. The molecule has 1 aromatic rings. The van der Waals surface area contributed by atoms with Crippen LogP contribution < -0.4 is 10.2 Å².